The second kappa shape index (κ2) is 8.32. The lowest BCUT2D eigenvalue weighted by Crippen LogP contribution is -2.26. The molecule has 0 bridgehead atoms. The summed E-state index contributed by atoms with van der Waals surface area (Å²) in [5.74, 6) is 0.818. The lowest BCUT2D eigenvalue weighted by molar-refractivity contribution is -0.385. The van der Waals surface area contributed by atoms with E-state index in [0.29, 0.717) is 18.5 Å². The molecular formula is C19H20N4O4S. The molecule has 0 atom stereocenters. The largest absolute Gasteiger partial charge is 0.331 e. The first-order chi connectivity index (χ1) is 13.4. The fourth-order valence-electron chi connectivity index (χ4n) is 2.86. The molecule has 0 unspecified atom stereocenters. The number of aryl methyl sites for hydroxylation is 2. The Morgan fingerprint density at radius 2 is 1.93 bits per heavy atom. The third kappa shape index (κ3) is 4.44. The van der Waals surface area contributed by atoms with Gasteiger partial charge in [-0.15, -0.1) is 0 Å². The molecule has 0 fully saturated rings. The number of nitrogens with one attached hydrogen (secondary N) is 1. The van der Waals surface area contributed by atoms with Gasteiger partial charge in [-0.3, -0.25) is 10.1 Å². The van der Waals surface area contributed by atoms with E-state index in [1.165, 1.54) is 12.1 Å². The van der Waals surface area contributed by atoms with Crippen LogP contribution in [0.15, 0.2) is 65.8 Å². The second-order valence-corrected chi connectivity index (χ2v) is 8.00. The molecule has 1 N–H and O–H groups in total. The lowest BCUT2D eigenvalue weighted by atomic mass is 10.2. The fraction of sp³-hybridized carbons (Fsp3) is 0.211. The Morgan fingerprint density at radius 3 is 2.64 bits per heavy atom. The number of imidazole rings is 1. The Balaban J connectivity index is 1.64. The number of aromatic nitrogens is 2. The molecule has 28 heavy (non-hydrogen) atoms. The average Bonchev–Trinajstić information content (AvgIpc) is 3.14. The fourth-order valence-corrected chi connectivity index (χ4v) is 4.20. The van der Waals surface area contributed by atoms with E-state index >= 15 is 0 Å². The predicted octanol–water partition coefficient (Wildman–Crippen LogP) is 3.14. The molecule has 0 radical (unpaired) electrons. The normalized spacial score (nSPS) is 11.5. The first kappa shape index (κ1) is 19.7. The van der Waals surface area contributed by atoms with E-state index in [0.717, 1.165) is 17.5 Å². The van der Waals surface area contributed by atoms with Crippen molar-refractivity contribution >= 4 is 15.7 Å². The van der Waals surface area contributed by atoms with Crippen LogP contribution in [0.5, 0.6) is 0 Å². The predicted molar refractivity (Wildman–Crippen MR) is 105 cm³/mol. The van der Waals surface area contributed by atoms with Crippen LogP contribution in [0.25, 0.3) is 11.4 Å². The number of sulfonamides is 1. The summed E-state index contributed by atoms with van der Waals surface area (Å²) >= 11 is 0. The monoisotopic (exact) mass is 400 g/mol. The van der Waals surface area contributed by atoms with Gasteiger partial charge in [0, 0.05) is 43.2 Å². The molecule has 0 aliphatic rings. The molecule has 8 nitrogen and oxygen atoms in total. The van der Waals surface area contributed by atoms with Crippen LogP contribution in [0, 0.1) is 17.0 Å². The van der Waals surface area contributed by atoms with Crippen molar-refractivity contribution in [2.75, 3.05) is 6.54 Å². The molecule has 0 aliphatic carbocycles. The van der Waals surface area contributed by atoms with E-state index in [1.807, 2.05) is 41.1 Å². The highest BCUT2D eigenvalue weighted by atomic mass is 32.2. The third-order valence-corrected chi connectivity index (χ3v) is 5.89. The summed E-state index contributed by atoms with van der Waals surface area (Å²) < 4.78 is 29.5. The number of nitro groups is 1. The van der Waals surface area contributed by atoms with Gasteiger partial charge in [0.1, 0.15) is 5.82 Å². The van der Waals surface area contributed by atoms with Crippen molar-refractivity contribution in [3.8, 4) is 11.4 Å². The van der Waals surface area contributed by atoms with Crippen molar-refractivity contribution in [2.45, 2.75) is 24.8 Å². The van der Waals surface area contributed by atoms with Gasteiger partial charge in [0.2, 0.25) is 10.0 Å². The van der Waals surface area contributed by atoms with Crippen LogP contribution in [-0.4, -0.2) is 29.4 Å². The molecule has 0 aliphatic heterocycles. The Kier molecular flexibility index (Phi) is 5.86. The van der Waals surface area contributed by atoms with E-state index in [1.54, 1.807) is 13.1 Å². The van der Waals surface area contributed by atoms with Gasteiger partial charge in [-0.2, -0.15) is 0 Å². The van der Waals surface area contributed by atoms with Gasteiger partial charge < -0.3 is 4.57 Å². The van der Waals surface area contributed by atoms with Gasteiger partial charge in [-0.05, 0) is 18.9 Å². The Hall–Kier alpha value is -3.04. The summed E-state index contributed by atoms with van der Waals surface area (Å²) in [6.45, 7) is 2.40. The van der Waals surface area contributed by atoms with Crippen molar-refractivity contribution in [3.63, 3.8) is 0 Å². The first-order valence-electron chi connectivity index (χ1n) is 8.70. The van der Waals surface area contributed by atoms with Crippen molar-refractivity contribution in [2.24, 2.45) is 0 Å². The van der Waals surface area contributed by atoms with Crippen LogP contribution in [0.2, 0.25) is 0 Å². The van der Waals surface area contributed by atoms with Crippen LogP contribution in [0.1, 0.15) is 12.0 Å². The summed E-state index contributed by atoms with van der Waals surface area (Å²) in [7, 11) is -3.83. The van der Waals surface area contributed by atoms with Gasteiger partial charge >= 0.3 is 0 Å². The van der Waals surface area contributed by atoms with Crippen LogP contribution >= 0.6 is 0 Å². The molecule has 0 saturated heterocycles. The molecule has 146 valence electrons. The van der Waals surface area contributed by atoms with Crippen LogP contribution in [0.3, 0.4) is 0 Å². The molecule has 0 spiro atoms. The van der Waals surface area contributed by atoms with Gasteiger partial charge in [0.15, 0.2) is 0 Å². The van der Waals surface area contributed by atoms with Gasteiger partial charge in [-0.25, -0.2) is 18.1 Å². The maximum Gasteiger partial charge on any atom is 0.270 e. The number of rotatable bonds is 8. The van der Waals surface area contributed by atoms with Gasteiger partial charge in [0.25, 0.3) is 5.69 Å². The zero-order valence-corrected chi connectivity index (χ0v) is 16.1. The molecular weight excluding hydrogens is 380 g/mol. The van der Waals surface area contributed by atoms with Crippen LogP contribution in [-0.2, 0) is 16.6 Å². The SMILES string of the molecule is Cc1ccc([N+](=O)[O-])cc1S(=O)(=O)NCCCn1ccnc1-c1ccccc1. The van der Waals surface area contributed by atoms with Crippen molar-refractivity contribution in [3.05, 3.63) is 76.6 Å². The maximum atomic E-state index is 12.5. The van der Waals surface area contributed by atoms with E-state index in [4.69, 9.17) is 0 Å². The van der Waals surface area contributed by atoms with Crippen molar-refractivity contribution < 1.29 is 13.3 Å². The zero-order valence-electron chi connectivity index (χ0n) is 15.3. The zero-order chi connectivity index (χ0) is 20.1. The highest BCUT2D eigenvalue weighted by Crippen LogP contribution is 2.21. The van der Waals surface area contributed by atoms with Crippen molar-refractivity contribution in [1.29, 1.82) is 0 Å². The topological polar surface area (TPSA) is 107 Å². The highest BCUT2D eigenvalue weighted by Gasteiger charge is 2.20. The third-order valence-electron chi connectivity index (χ3n) is 4.29. The minimum atomic E-state index is -3.83. The summed E-state index contributed by atoms with van der Waals surface area (Å²) in [4.78, 5) is 14.6. The van der Waals surface area contributed by atoms with Gasteiger partial charge in [-0.1, -0.05) is 36.4 Å². The minimum Gasteiger partial charge on any atom is -0.331 e. The van der Waals surface area contributed by atoms with Crippen molar-refractivity contribution in [1.82, 2.24) is 14.3 Å². The van der Waals surface area contributed by atoms with Crippen LogP contribution in [0.4, 0.5) is 5.69 Å². The molecule has 3 aromatic rings. The minimum absolute atomic E-state index is 0.0747. The average molecular weight is 400 g/mol. The summed E-state index contributed by atoms with van der Waals surface area (Å²) in [5.41, 5.74) is 1.19. The van der Waals surface area contributed by atoms with E-state index in [9.17, 15) is 18.5 Å². The molecule has 3 rings (SSSR count). The Labute approximate surface area is 163 Å². The number of benzene rings is 2. The van der Waals surface area contributed by atoms with E-state index in [-0.39, 0.29) is 17.1 Å². The number of non-ortho nitro benzene ring substituents is 1. The number of nitrogens with zero attached hydrogens (tertiary/aromatic N) is 3. The number of hydrogen-bond acceptors (Lipinski definition) is 5. The summed E-state index contributed by atoms with van der Waals surface area (Å²) in [5, 5.41) is 10.9. The second-order valence-electron chi connectivity index (χ2n) is 6.27. The summed E-state index contributed by atoms with van der Waals surface area (Å²) in [6.07, 6.45) is 4.10. The Bertz CT molecular complexity index is 1080. The number of hydrogen-bond donors (Lipinski definition) is 1. The maximum absolute atomic E-state index is 12.5. The smallest absolute Gasteiger partial charge is 0.270 e. The molecule has 0 saturated carbocycles. The van der Waals surface area contributed by atoms with Gasteiger partial charge in [0.05, 0.1) is 9.82 Å². The quantitative estimate of drug-likeness (QED) is 0.355. The molecule has 9 heteroatoms. The standard InChI is InChI=1S/C19H20N4O4S/c1-15-8-9-17(23(24)25)14-18(15)28(26,27)21-10-5-12-22-13-11-20-19(22)16-6-3-2-4-7-16/h2-4,6-9,11,13-14,21H,5,10,12H2,1H3. The number of nitro benzene ring substituents is 1. The lowest BCUT2D eigenvalue weighted by Gasteiger charge is -2.11. The molecule has 1 heterocycles. The summed E-state index contributed by atoms with van der Waals surface area (Å²) in [6, 6.07) is 13.5. The van der Waals surface area contributed by atoms with E-state index < -0.39 is 14.9 Å². The van der Waals surface area contributed by atoms with E-state index in [2.05, 4.69) is 9.71 Å². The molecule has 1 aromatic heterocycles. The van der Waals surface area contributed by atoms with Crippen LogP contribution < -0.4 is 4.72 Å². The molecule has 2 aromatic carbocycles. The first-order valence-corrected chi connectivity index (χ1v) is 10.2. The Morgan fingerprint density at radius 1 is 1.18 bits per heavy atom. The highest BCUT2D eigenvalue weighted by molar-refractivity contribution is 7.89. The molecule has 0 amide bonds.